The van der Waals surface area contributed by atoms with Crippen molar-refractivity contribution in [1.82, 2.24) is 5.32 Å². The number of amides is 2. The molecule has 0 radical (unpaired) electrons. The molecule has 0 bridgehead atoms. The number of nitrogens with one attached hydrogen (secondary N) is 3. The number of anilines is 1. The first-order chi connectivity index (χ1) is 20.2. The van der Waals surface area contributed by atoms with E-state index in [2.05, 4.69) is 10.6 Å². The molecule has 4 atom stereocenters. The van der Waals surface area contributed by atoms with Crippen molar-refractivity contribution in [2.24, 2.45) is 5.92 Å². The number of carbonyl (C=O) groups is 2. The average Bonchev–Trinajstić information content (AvgIpc) is 3.22. The van der Waals surface area contributed by atoms with Crippen LogP contribution in [0.15, 0.2) is 30.3 Å². The fourth-order valence-corrected chi connectivity index (χ4v) is 4.95. The molecule has 0 spiro atoms. The lowest BCUT2D eigenvalue weighted by molar-refractivity contribution is -0.272. The number of unbranched alkanes of at least 4 members (excludes halogenated alkanes) is 3. The van der Waals surface area contributed by atoms with Crippen LogP contribution < -0.4 is 15.4 Å². The Morgan fingerprint density at radius 2 is 1.74 bits per heavy atom. The van der Waals surface area contributed by atoms with E-state index in [4.69, 9.17) is 19.6 Å². The van der Waals surface area contributed by atoms with Crippen LogP contribution in [0.1, 0.15) is 63.5 Å². The summed E-state index contributed by atoms with van der Waals surface area (Å²) in [6.07, 6.45) is -4.44. The number of benzene rings is 2. The van der Waals surface area contributed by atoms with E-state index in [0.29, 0.717) is 12.5 Å². The predicted octanol–water partition coefficient (Wildman–Crippen LogP) is 6.82. The zero-order valence-electron chi connectivity index (χ0n) is 24.0. The van der Waals surface area contributed by atoms with Crippen LogP contribution in [0.25, 0.3) is 0 Å². The number of rotatable bonds is 10. The van der Waals surface area contributed by atoms with Gasteiger partial charge < -0.3 is 19.5 Å². The molecule has 0 aliphatic carbocycles. The number of carbonyl (C=O) groups excluding carboxylic acids is 2. The second-order valence-corrected chi connectivity index (χ2v) is 10.3. The number of alkyl halides is 3. The van der Waals surface area contributed by atoms with Crippen LogP contribution in [0.4, 0.5) is 36.8 Å². The maximum Gasteiger partial charge on any atom is 0.417 e. The quantitative estimate of drug-likeness (QED) is 0.117. The van der Waals surface area contributed by atoms with E-state index in [0.717, 1.165) is 64.5 Å². The zero-order valence-corrected chi connectivity index (χ0v) is 24.0. The van der Waals surface area contributed by atoms with E-state index in [-0.39, 0.29) is 17.9 Å². The van der Waals surface area contributed by atoms with Gasteiger partial charge in [-0.2, -0.15) is 17.6 Å². The van der Waals surface area contributed by atoms with Crippen LogP contribution in [-0.2, 0) is 14.3 Å². The van der Waals surface area contributed by atoms with Crippen molar-refractivity contribution in [3.8, 4) is 5.75 Å². The summed E-state index contributed by atoms with van der Waals surface area (Å²) in [6, 6.07) is 4.69. The molecule has 1 saturated heterocycles. The molecule has 8 nitrogen and oxygen atoms in total. The van der Waals surface area contributed by atoms with Crippen molar-refractivity contribution < 1.29 is 50.1 Å². The van der Waals surface area contributed by atoms with Crippen LogP contribution in [-0.4, -0.2) is 49.4 Å². The molecule has 1 fully saturated rings. The van der Waals surface area contributed by atoms with Gasteiger partial charge in [-0.25, -0.2) is 13.6 Å². The maximum atomic E-state index is 14.6. The molecule has 0 unspecified atom stereocenters. The number of methoxy groups -OCH3 is 1. The fourth-order valence-electron chi connectivity index (χ4n) is 4.95. The second kappa shape index (κ2) is 13.7. The minimum absolute atomic E-state index is 0.0955. The Labute approximate surface area is 244 Å². The van der Waals surface area contributed by atoms with Gasteiger partial charge in [0.25, 0.3) is 5.91 Å². The Bertz CT molecular complexity index is 1350. The van der Waals surface area contributed by atoms with Gasteiger partial charge in [-0.3, -0.25) is 15.5 Å². The van der Waals surface area contributed by atoms with E-state index in [1.54, 1.807) is 0 Å². The molecule has 2 aromatic rings. The standard InChI is InChI=1S/C29H33F6N3O5/c1-5-6-7-8-13-42-27(40)38-25(36)18-14-16(9-11-19(18)30)37-26(39)24-21(15(2)28(3,43-24)29(33,34)35)17-10-12-20(31)22(32)23(17)41-4/h9-12,14-15,21,24H,5-8,13H2,1-4H3,(H,37,39)(H2,36,38,40)/t15-,21-,24+,28+/m0/s1. The number of hydrogen-bond acceptors (Lipinski definition) is 6. The zero-order chi connectivity index (χ0) is 32.1. The van der Waals surface area contributed by atoms with Gasteiger partial charge in [-0.05, 0) is 37.6 Å². The molecule has 2 aromatic carbocycles. The first-order valence-electron chi connectivity index (χ1n) is 13.6. The van der Waals surface area contributed by atoms with Crippen LogP contribution in [0.3, 0.4) is 0 Å². The lowest BCUT2D eigenvalue weighted by atomic mass is 9.77. The summed E-state index contributed by atoms with van der Waals surface area (Å²) >= 11 is 0. The summed E-state index contributed by atoms with van der Waals surface area (Å²) < 4.78 is 101. The Morgan fingerprint density at radius 1 is 1.07 bits per heavy atom. The number of ether oxygens (including phenoxy) is 3. The summed E-state index contributed by atoms with van der Waals surface area (Å²) in [5.41, 5.74) is -3.68. The van der Waals surface area contributed by atoms with Crippen molar-refractivity contribution >= 4 is 23.5 Å². The number of amidine groups is 1. The molecule has 1 heterocycles. The minimum atomic E-state index is -4.96. The molecule has 3 rings (SSSR count). The second-order valence-electron chi connectivity index (χ2n) is 10.3. The van der Waals surface area contributed by atoms with Crippen LogP contribution >= 0.6 is 0 Å². The van der Waals surface area contributed by atoms with Crippen molar-refractivity contribution in [3.05, 3.63) is 58.9 Å². The molecule has 2 amide bonds. The highest BCUT2D eigenvalue weighted by Gasteiger charge is 2.66. The summed E-state index contributed by atoms with van der Waals surface area (Å²) in [6.45, 7) is 4.02. The number of alkyl carbamates (subject to hydrolysis) is 1. The third kappa shape index (κ3) is 7.23. The molecule has 3 N–H and O–H groups in total. The van der Waals surface area contributed by atoms with Crippen molar-refractivity contribution in [1.29, 1.82) is 5.41 Å². The van der Waals surface area contributed by atoms with Gasteiger partial charge in [-0.15, -0.1) is 0 Å². The maximum absolute atomic E-state index is 14.6. The van der Waals surface area contributed by atoms with Crippen LogP contribution in [0, 0.1) is 28.8 Å². The van der Waals surface area contributed by atoms with Gasteiger partial charge in [-0.1, -0.05) is 39.2 Å². The van der Waals surface area contributed by atoms with Gasteiger partial charge in [0, 0.05) is 23.1 Å². The summed E-state index contributed by atoms with van der Waals surface area (Å²) in [4.78, 5) is 25.4. The van der Waals surface area contributed by atoms with Crippen molar-refractivity contribution in [3.63, 3.8) is 0 Å². The van der Waals surface area contributed by atoms with Crippen LogP contribution in [0.5, 0.6) is 5.75 Å². The Balaban J connectivity index is 1.87. The van der Waals surface area contributed by atoms with Gasteiger partial charge in [0.15, 0.2) is 17.2 Å². The van der Waals surface area contributed by atoms with E-state index < -0.39 is 76.3 Å². The molecule has 236 valence electrons. The molecule has 14 heteroatoms. The lowest BCUT2D eigenvalue weighted by Crippen LogP contribution is -2.47. The van der Waals surface area contributed by atoms with E-state index in [1.807, 2.05) is 6.92 Å². The molecule has 43 heavy (non-hydrogen) atoms. The summed E-state index contributed by atoms with van der Waals surface area (Å²) in [5.74, 6) is -9.09. The van der Waals surface area contributed by atoms with Gasteiger partial charge in [0.2, 0.25) is 5.82 Å². The molecule has 0 saturated carbocycles. The van der Waals surface area contributed by atoms with Gasteiger partial charge in [0.1, 0.15) is 17.8 Å². The van der Waals surface area contributed by atoms with Crippen molar-refractivity contribution in [2.75, 3.05) is 19.0 Å². The first kappa shape index (κ1) is 33.7. The Morgan fingerprint density at radius 3 is 2.37 bits per heavy atom. The summed E-state index contributed by atoms with van der Waals surface area (Å²) in [5, 5.41) is 12.5. The predicted molar refractivity (Wildman–Crippen MR) is 145 cm³/mol. The van der Waals surface area contributed by atoms with E-state index >= 15 is 0 Å². The highest BCUT2D eigenvalue weighted by Crippen LogP contribution is 2.55. The number of hydrogen-bond donors (Lipinski definition) is 3. The molecule has 1 aliphatic rings. The topological polar surface area (TPSA) is 110 Å². The van der Waals surface area contributed by atoms with E-state index in [1.165, 1.54) is 0 Å². The van der Waals surface area contributed by atoms with Gasteiger partial charge in [0.05, 0.1) is 19.3 Å². The summed E-state index contributed by atoms with van der Waals surface area (Å²) in [7, 11) is 1.01. The lowest BCUT2D eigenvalue weighted by Gasteiger charge is -2.32. The SMILES string of the molecule is CCCCCCOC(=O)NC(=N)c1cc(NC(=O)[C@@H]2O[C@@](C)(C(F)(F)F)[C@@H](C)[C@H]2c2ccc(F)c(F)c2OC)ccc1F. The highest BCUT2D eigenvalue weighted by molar-refractivity contribution is 6.06. The Hall–Kier alpha value is -3.81. The minimum Gasteiger partial charge on any atom is -0.493 e. The molecule has 0 aromatic heterocycles. The normalized spacial score (nSPS) is 21.8. The van der Waals surface area contributed by atoms with Crippen LogP contribution in [0.2, 0.25) is 0 Å². The Kier molecular flexibility index (Phi) is 10.7. The van der Waals surface area contributed by atoms with E-state index in [9.17, 15) is 35.9 Å². The highest BCUT2D eigenvalue weighted by atomic mass is 19.4. The van der Waals surface area contributed by atoms with Gasteiger partial charge >= 0.3 is 12.3 Å². The van der Waals surface area contributed by atoms with Crippen molar-refractivity contribution in [2.45, 2.75) is 70.3 Å². The fraction of sp³-hybridized carbons (Fsp3) is 0.483. The molecule has 1 aliphatic heterocycles. The third-order valence-electron chi connectivity index (χ3n) is 7.53. The molecular formula is C29H33F6N3O5. The average molecular weight is 618 g/mol. The smallest absolute Gasteiger partial charge is 0.417 e. The monoisotopic (exact) mass is 617 g/mol. The molecular weight excluding hydrogens is 584 g/mol. The number of halogens is 6. The third-order valence-corrected chi connectivity index (χ3v) is 7.53. The largest absolute Gasteiger partial charge is 0.493 e. The first-order valence-corrected chi connectivity index (χ1v) is 13.6.